The van der Waals surface area contributed by atoms with Gasteiger partial charge in [0.1, 0.15) is 0 Å². The van der Waals surface area contributed by atoms with Crippen molar-refractivity contribution >= 4 is 15.7 Å². The maximum absolute atomic E-state index is 12.4. The van der Waals surface area contributed by atoms with Crippen LogP contribution in [0.2, 0.25) is 0 Å². The molecule has 158 valence electrons. The van der Waals surface area contributed by atoms with Crippen LogP contribution in [-0.2, 0) is 21.2 Å². The molecular weight excluding hydrogens is 388 g/mol. The molecule has 7 nitrogen and oxygen atoms in total. The van der Waals surface area contributed by atoms with E-state index in [0.717, 1.165) is 5.56 Å². The molecule has 0 spiro atoms. The smallest absolute Gasteiger partial charge is 0.223 e. The van der Waals surface area contributed by atoms with Crippen LogP contribution in [0.5, 0.6) is 0 Å². The minimum Gasteiger partial charge on any atom is -0.338 e. The second-order valence-corrected chi connectivity index (χ2v) is 11.2. The minimum atomic E-state index is -3.16. The Hall–Kier alpha value is -2.19. The Kier molecular flexibility index (Phi) is 6.14. The number of carbonyl (C=O) groups excluding carboxylic acids is 1. The number of nitrogens with one attached hydrogen (secondary N) is 1. The molecule has 29 heavy (non-hydrogen) atoms. The van der Waals surface area contributed by atoms with Crippen LogP contribution in [0.3, 0.4) is 0 Å². The first-order valence-electron chi connectivity index (χ1n) is 9.81. The lowest BCUT2D eigenvalue weighted by molar-refractivity contribution is -0.127. The van der Waals surface area contributed by atoms with Crippen LogP contribution >= 0.6 is 0 Å². The molecule has 1 N–H and O–H groups in total. The average molecular weight is 419 g/mol. The SMILES string of the molecule is CN1C(=O)C[C@@H](CNCC(C)(C)S(C)(=O)=O)[C@@H]1c1cnn(Cc2ccccc2)c1. The number of hydrogen-bond acceptors (Lipinski definition) is 5. The Morgan fingerprint density at radius 2 is 1.93 bits per heavy atom. The van der Waals surface area contributed by atoms with Crippen LogP contribution in [-0.4, -0.2) is 60.1 Å². The van der Waals surface area contributed by atoms with Crippen molar-refractivity contribution in [3.63, 3.8) is 0 Å². The zero-order valence-corrected chi connectivity index (χ0v) is 18.3. The molecule has 0 aliphatic carbocycles. The van der Waals surface area contributed by atoms with Crippen molar-refractivity contribution in [1.29, 1.82) is 0 Å². The molecule has 1 saturated heterocycles. The summed E-state index contributed by atoms with van der Waals surface area (Å²) in [5.74, 6) is 0.164. The number of amides is 1. The third kappa shape index (κ3) is 4.87. The van der Waals surface area contributed by atoms with E-state index in [9.17, 15) is 13.2 Å². The van der Waals surface area contributed by atoms with Gasteiger partial charge in [0, 0.05) is 50.5 Å². The molecule has 0 radical (unpaired) electrons. The first-order chi connectivity index (χ1) is 13.6. The van der Waals surface area contributed by atoms with Gasteiger partial charge in [-0.2, -0.15) is 5.10 Å². The Balaban J connectivity index is 1.69. The summed E-state index contributed by atoms with van der Waals surface area (Å²) in [7, 11) is -1.34. The fourth-order valence-corrected chi connectivity index (χ4v) is 4.07. The first-order valence-corrected chi connectivity index (χ1v) is 11.7. The normalized spacial score (nSPS) is 20.4. The summed E-state index contributed by atoms with van der Waals surface area (Å²) in [6, 6.07) is 10.0. The topological polar surface area (TPSA) is 84.3 Å². The van der Waals surface area contributed by atoms with Crippen molar-refractivity contribution in [2.75, 3.05) is 26.4 Å². The van der Waals surface area contributed by atoms with Crippen LogP contribution in [0.25, 0.3) is 0 Å². The Labute approximate surface area is 173 Å². The molecule has 8 heteroatoms. The second kappa shape index (κ2) is 8.28. The van der Waals surface area contributed by atoms with Crippen molar-refractivity contribution < 1.29 is 13.2 Å². The van der Waals surface area contributed by atoms with Crippen LogP contribution in [0.4, 0.5) is 0 Å². The van der Waals surface area contributed by atoms with Crippen molar-refractivity contribution in [2.45, 2.75) is 37.6 Å². The molecule has 2 heterocycles. The summed E-state index contributed by atoms with van der Waals surface area (Å²) in [6.07, 6.45) is 5.53. The van der Waals surface area contributed by atoms with Crippen molar-refractivity contribution in [3.8, 4) is 0 Å². The first kappa shape index (κ1) is 21.5. The Morgan fingerprint density at radius 1 is 1.24 bits per heavy atom. The number of aromatic nitrogens is 2. The minimum absolute atomic E-state index is 0.0669. The number of nitrogens with zero attached hydrogens (tertiary/aromatic N) is 3. The highest BCUT2D eigenvalue weighted by molar-refractivity contribution is 7.92. The number of carbonyl (C=O) groups is 1. The molecule has 1 aromatic heterocycles. The number of hydrogen-bond donors (Lipinski definition) is 1. The maximum Gasteiger partial charge on any atom is 0.223 e. The summed E-state index contributed by atoms with van der Waals surface area (Å²) in [4.78, 5) is 14.1. The van der Waals surface area contributed by atoms with Crippen LogP contribution in [0, 0.1) is 5.92 Å². The van der Waals surface area contributed by atoms with E-state index in [1.54, 1.807) is 18.7 Å². The molecular formula is C21H30N4O3S. The van der Waals surface area contributed by atoms with Crippen LogP contribution in [0.15, 0.2) is 42.7 Å². The fourth-order valence-electron chi connectivity index (χ4n) is 3.71. The van der Waals surface area contributed by atoms with E-state index in [1.165, 1.54) is 11.8 Å². The molecule has 2 atom stereocenters. The molecule has 2 aromatic rings. The fraction of sp³-hybridized carbons (Fsp3) is 0.524. The van der Waals surface area contributed by atoms with Gasteiger partial charge in [0.15, 0.2) is 9.84 Å². The molecule has 1 amide bonds. The standard InChI is InChI=1S/C21H30N4O3S/c1-21(2,29(4,27)28)15-22-11-17-10-19(26)24(3)20(17)18-12-23-25(14-18)13-16-8-6-5-7-9-16/h5-9,12,14,17,20,22H,10-11,13,15H2,1-4H3/t17-,20+/m0/s1. The monoisotopic (exact) mass is 418 g/mol. The summed E-state index contributed by atoms with van der Waals surface area (Å²) in [5, 5.41) is 7.76. The summed E-state index contributed by atoms with van der Waals surface area (Å²) >= 11 is 0. The largest absolute Gasteiger partial charge is 0.338 e. The lowest BCUT2D eigenvalue weighted by atomic mass is 9.95. The molecule has 1 fully saturated rings. The van der Waals surface area contributed by atoms with Gasteiger partial charge in [-0.15, -0.1) is 0 Å². The predicted octanol–water partition coefficient (Wildman–Crippen LogP) is 1.86. The van der Waals surface area contributed by atoms with Gasteiger partial charge in [-0.1, -0.05) is 30.3 Å². The highest BCUT2D eigenvalue weighted by Gasteiger charge is 2.39. The lowest BCUT2D eigenvalue weighted by Gasteiger charge is -2.27. The van der Waals surface area contributed by atoms with Gasteiger partial charge in [-0.05, 0) is 19.4 Å². The van der Waals surface area contributed by atoms with Crippen LogP contribution in [0.1, 0.15) is 37.4 Å². The Bertz CT molecular complexity index is 953. The molecule has 0 saturated carbocycles. The molecule has 1 aromatic carbocycles. The van der Waals surface area contributed by atoms with Crippen LogP contribution < -0.4 is 5.32 Å². The van der Waals surface area contributed by atoms with Gasteiger partial charge < -0.3 is 10.2 Å². The van der Waals surface area contributed by atoms with Gasteiger partial charge in [0.2, 0.25) is 5.91 Å². The molecule has 0 unspecified atom stereocenters. The molecule has 1 aliphatic rings. The third-order valence-corrected chi connectivity index (χ3v) is 7.99. The highest BCUT2D eigenvalue weighted by atomic mass is 32.2. The number of benzene rings is 1. The summed E-state index contributed by atoms with van der Waals surface area (Å²) in [5.41, 5.74) is 2.17. The lowest BCUT2D eigenvalue weighted by Crippen LogP contribution is -2.43. The molecule has 3 rings (SSSR count). The molecule has 1 aliphatic heterocycles. The number of sulfone groups is 1. The summed E-state index contributed by atoms with van der Waals surface area (Å²) in [6.45, 7) is 5.03. The van der Waals surface area contributed by atoms with Gasteiger partial charge in [0.05, 0.1) is 23.5 Å². The van der Waals surface area contributed by atoms with Crippen molar-refractivity contribution in [3.05, 3.63) is 53.9 Å². The predicted molar refractivity (Wildman–Crippen MR) is 113 cm³/mol. The van der Waals surface area contributed by atoms with Gasteiger partial charge in [0.25, 0.3) is 0 Å². The van der Waals surface area contributed by atoms with Gasteiger partial charge in [-0.3, -0.25) is 9.48 Å². The molecule has 0 bridgehead atoms. The zero-order chi connectivity index (χ0) is 21.2. The van der Waals surface area contributed by atoms with E-state index in [1.807, 2.05) is 42.3 Å². The Morgan fingerprint density at radius 3 is 2.59 bits per heavy atom. The van der Waals surface area contributed by atoms with Crippen molar-refractivity contribution in [1.82, 2.24) is 20.0 Å². The van der Waals surface area contributed by atoms with E-state index >= 15 is 0 Å². The number of likely N-dealkylation sites (tertiary alicyclic amines) is 1. The van der Waals surface area contributed by atoms with E-state index in [2.05, 4.69) is 22.5 Å². The quantitative estimate of drug-likeness (QED) is 0.707. The van der Waals surface area contributed by atoms with E-state index in [0.29, 0.717) is 26.1 Å². The van der Waals surface area contributed by atoms with E-state index in [-0.39, 0.29) is 17.9 Å². The van der Waals surface area contributed by atoms with E-state index < -0.39 is 14.6 Å². The highest BCUT2D eigenvalue weighted by Crippen LogP contribution is 2.36. The second-order valence-electron chi connectivity index (χ2n) is 8.53. The van der Waals surface area contributed by atoms with E-state index in [4.69, 9.17) is 0 Å². The third-order valence-electron chi connectivity index (χ3n) is 5.84. The maximum atomic E-state index is 12.4. The van der Waals surface area contributed by atoms with Crippen molar-refractivity contribution in [2.24, 2.45) is 5.92 Å². The summed E-state index contributed by atoms with van der Waals surface area (Å²) < 4.78 is 24.9. The number of rotatable bonds is 8. The average Bonchev–Trinajstić information content (AvgIpc) is 3.19. The van der Waals surface area contributed by atoms with Gasteiger partial charge in [-0.25, -0.2) is 8.42 Å². The zero-order valence-electron chi connectivity index (χ0n) is 17.5. The van der Waals surface area contributed by atoms with Gasteiger partial charge >= 0.3 is 0 Å².